The van der Waals surface area contributed by atoms with Crippen LogP contribution in [0.1, 0.15) is 16.1 Å². The molecule has 9 nitrogen and oxygen atoms in total. The lowest BCUT2D eigenvalue weighted by Crippen LogP contribution is -2.37. The largest absolute Gasteiger partial charge is 0.468 e. The molecule has 0 aliphatic carbocycles. The Morgan fingerprint density at radius 1 is 1.11 bits per heavy atom. The maximum absolute atomic E-state index is 13.0. The Morgan fingerprint density at radius 2 is 1.79 bits per heavy atom. The maximum atomic E-state index is 13.0. The molecule has 0 fully saturated rings. The number of carbonyl (C=O) groups is 3. The Morgan fingerprint density at radius 3 is 2.46 bits per heavy atom. The number of aromatic amines is 1. The summed E-state index contributed by atoms with van der Waals surface area (Å²) in [5, 5.41) is 3.82. The number of nitrogens with zero attached hydrogens (tertiary/aromatic N) is 1. The van der Waals surface area contributed by atoms with Crippen LogP contribution in [-0.4, -0.2) is 48.2 Å². The molecule has 28 heavy (non-hydrogen) atoms. The molecule has 3 aromatic rings. The summed E-state index contributed by atoms with van der Waals surface area (Å²) in [5.41, 5.74) is 0.742. The number of ether oxygens (including phenoxy) is 2. The van der Waals surface area contributed by atoms with Crippen LogP contribution in [0, 0.1) is 6.92 Å². The van der Waals surface area contributed by atoms with Gasteiger partial charge in [-0.15, -0.1) is 0 Å². The molecular formula is C19H19N3O6. The summed E-state index contributed by atoms with van der Waals surface area (Å²) in [6.45, 7) is 0.971. The number of amides is 1. The number of H-pyrrole nitrogens is 1. The minimum atomic E-state index is -0.745. The summed E-state index contributed by atoms with van der Waals surface area (Å²) in [4.78, 5) is 52.0. The minimum Gasteiger partial charge on any atom is -0.468 e. The lowest BCUT2D eigenvalue weighted by molar-refractivity contribution is -0.141. The lowest BCUT2D eigenvalue weighted by atomic mass is 10.1. The first-order valence-corrected chi connectivity index (χ1v) is 8.44. The standard InChI is InChI=1S/C19H19N3O6/c1-10-15-11-6-4-5-7-12(11)21-17(15)16(18(25)20-8-13(23)27-2)19(26)22(10)9-14(24)28-3/h4-7,21H,8-9H2,1-3H3,(H,20,25). The number of para-hydroxylation sites is 1. The third kappa shape index (κ3) is 3.22. The van der Waals surface area contributed by atoms with Gasteiger partial charge in [-0.3, -0.25) is 19.2 Å². The minimum absolute atomic E-state index is 0.190. The van der Waals surface area contributed by atoms with Crippen molar-refractivity contribution >= 4 is 39.7 Å². The van der Waals surface area contributed by atoms with Gasteiger partial charge in [0.05, 0.1) is 19.7 Å². The van der Waals surface area contributed by atoms with Gasteiger partial charge in [0.1, 0.15) is 18.7 Å². The van der Waals surface area contributed by atoms with E-state index in [0.29, 0.717) is 16.6 Å². The molecule has 2 heterocycles. The van der Waals surface area contributed by atoms with Gasteiger partial charge in [-0.25, -0.2) is 0 Å². The second kappa shape index (κ2) is 7.55. The van der Waals surface area contributed by atoms with Crippen molar-refractivity contribution in [3.8, 4) is 0 Å². The van der Waals surface area contributed by atoms with E-state index in [4.69, 9.17) is 0 Å². The highest BCUT2D eigenvalue weighted by Crippen LogP contribution is 2.29. The highest BCUT2D eigenvalue weighted by atomic mass is 16.5. The van der Waals surface area contributed by atoms with E-state index in [9.17, 15) is 19.2 Å². The van der Waals surface area contributed by atoms with Gasteiger partial charge in [0.25, 0.3) is 11.5 Å². The Balaban J connectivity index is 2.28. The zero-order valence-electron chi connectivity index (χ0n) is 15.6. The van der Waals surface area contributed by atoms with Crippen LogP contribution in [-0.2, 0) is 25.6 Å². The summed E-state index contributed by atoms with van der Waals surface area (Å²) in [7, 11) is 2.41. The monoisotopic (exact) mass is 385 g/mol. The molecule has 0 spiro atoms. The van der Waals surface area contributed by atoms with Crippen molar-refractivity contribution in [1.82, 2.24) is 14.9 Å². The molecule has 3 rings (SSSR count). The van der Waals surface area contributed by atoms with Crippen molar-refractivity contribution in [3.05, 3.63) is 45.9 Å². The molecule has 146 valence electrons. The van der Waals surface area contributed by atoms with E-state index >= 15 is 0 Å². The van der Waals surface area contributed by atoms with Crippen molar-refractivity contribution in [2.45, 2.75) is 13.5 Å². The molecule has 1 aromatic carbocycles. The first kappa shape index (κ1) is 19.2. The Kier molecular flexibility index (Phi) is 5.16. The van der Waals surface area contributed by atoms with Crippen molar-refractivity contribution in [2.75, 3.05) is 20.8 Å². The zero-order chi connectivity index (χ0) is 20.4. The average molecular weight is 385 g/mol. The van der Waals surface area contributed by atoms with E-state index in [1.54, 1.807) is 6.92 Å². The fraction of sp³-hybridized carbons (Fsp3) is 0.263. The van der Waals surface area contributed by atoms with E-state index in [1.807, 2.05) is 24.3 Å². The summed E-state index contributed by atoms with van der Waals surface area (Å²) >= 11 is 0. The highest BCUT2D eigenvalue weighted by molar-refractivity contribution is 6.15. The van der Waals surface area contributed by atoms with E-state index in [0.717, 1.165) is 10.9 Å². The molecule has 0 bridgehead atoms. The number of pyridine rings is 1. The molecule has 0 saturated carbocycles. The van der Waals surface area contributed by atoms with Gasteiger partial charge in [0.2, 0.25) is 0 Å². The first-order valence-electron chi connectivity index (χ1n) is 8.44. The second-order valence-electron chi connectivity index (χ2n) is 6.11. The van der Waals surface area contributed by atoms with Crippen LogP contribution in [0.3, 0.4) is 0 Å². The lowest BCUT2D eigenvalue weighted by Gasteiger charge is -2.13. The van der Waals surface area contributed by atoms with Gasteiger partial charge >= 0.3 is 11.9 Å². The molecule has 2 aromatic heterocycles. The van der Waals surface area contributed by atoms with Crippen molar-refractivity contribution < 1.29 is 23.9 Å². The van der Waals surface area contributed by atoms with Crippen LogP contribution >= 0.6 is 0 Å². The molecule has 0 saturated heterocycles. The number of aromatic nitrogens is 2. The van der Waals surface area contributed by atoms with Gasteiger partial charge in [0, 0.05) is 22.0 Å². The van der Waals surface area contributed by atoms with E-state index in [1.165, 1.54) is 18.8 Å². The number of nitrogens with one attached hydrogen (secondary N) is 2. The van der Waals surface area contributed by atoms with Gasteiger partial charge in [-0.1, -0.05) is 18.2 Å². The Bertz CT molecular complexity index is 1160. The van der Waals surface area contributed by atoms with Crippen molar-refractivity contribution in [3.63, 3.8) is 0 Å². The smallest absolute Gasteiger partial charge is 0.325 e. The molecule has 0 atom stereocenters. The van der Waals surface area contributed by atoms with Gasteiger partial charge in [-0.05, 0) is 13.0 Å². The molecule has 0 unspecified atom stereocenters. The van der Waals surface area contributed by atoms with Crippen LogP contribution in [0.15, 0.2) is 29.1 Å². The fourth-order valence-electron chi connectivity index (χ4n) is 3.14. The molecule has 9 heteroatoms. The van der Waals surface area contributed by atoms with E-state index in [2.05, 4.69) is 19.8 Å². The summed E-state index contributed by atoms with van der Waals surface area (Å²) in [6, 6.07) is 7.33. The number of methoxy groups -OCH3 is 2. The molecule has 1 amide bonds. The van der Waals surface area contributed by atoms with Gasteiger partial charge in [0.15, 0.2) is 0 Å². The predicted octanol–water partition coefficient (Wildman–Crippen LogP) is 0.867. The Hall–Kier alpha value is -3.62. The van der Waals surface area contributed by atoms with Gasteiger partial charge in [-0.2, -0.15) is 0 Å². The fourth-order valence-corrected chi connectivity index (χ4v) is 3.14. The molecule has 2 N–H and O–H groups in total. The normalized spacial score (nSPS) is 10.8. The summed E-state index contributed by atoms with van der Waals surface area (Å²) in [6.07, 6.45) is 0. The van der Waals surface area contributed by atoms with Crippen LogP contribution in [0.5, 0.6) is 0 Å². The molecule has 0 aliphatic rings. The maximum Gasteiger partial charge on any atom is 0.325 e. The van der Waals surface area contributed by atoms with Crippen molar-refractivity contribution in [2.24, 2.45) is 0 Å². The number of carbonyl (C=O) groups excluding carboxylic acids is 3. The van der Waals surface area contributed by atoms with Crippen LogP contribution in [0.25, 0.3) is 21.8 Å². The third-order valence-corrected chi connectivity index (χ3v) is 4.54. The molecular weight excluding hydrogens is 366 g/mol. The zero-order valence-corrected chi connectivity index (χ0v) is 15.6. The Labute approximate surface area is 159 Å². The second-order valence-corrected chi connectivity index (χ2v) is 6.11. The van der Waals surface area contributed by atoms with E-state index < -0.39 is 23.4 Å². The number of fused-ring (bicyclic) bond motifs is 3. The topological polar surface area (TPSA) is 119 Å². The SMILES string of the molecule is COC(=O)CNC(=O)c1c(=O)n(CC(=O)OC)c(C)c2c1[nH]c1ccccc12. The first-order chi connectivity index (χ1) is 13.4. The number of esters is 2. The number of hydrogen-bond donors (Lipinski definition) is 2. The van der Waals surface area contributed by atoms with Crippen molar-refractivity contribution in [1.29, 1.82) is 0 Å². The van der Waals surface area contributed by atoms with Crippen LogP contribution in [0.2, 0.25) is 0 Å². The number of hydrogen-bond acceptors (Lipinski definition) is 6. The summed E-state index contributed by atoms with van der Waals surface area (Å²) < 4.78 is 10.4. The quantitative estimate of drug-likeness (QED) is 0.629. The van der Waals surface area contributed by atoms with Crippen LogP contribution < -0.4 is 10.9 Å². The molecule has 0 radical (unpaired) electrons. The third-order valence-electron chi connectivity index (χ3n) is 4.54. The average Bonchev–Trinajstić information content (AvgIpc) is 3.08. The number of rotatable bonds is 5. The van der Waals surface area contributed by atoms with Crippen LogP contribution in [0.4, 0.5) is 0 Å². The van der Waals surface area contributed by atoms with E-state index in [-0.39, 0.29) is 18.7 Å². The predicted molar refractivity (Wildman–Crippen MR) is 101 cm³/mol. The highest BCUT2D eigenvalue weighted by Gasteiger charge is 2.24. The summed E-state index contributed by atoms with van der Waals surface area (Å²) in [5.74, 6) is -2.01. The number of benzene rings is 1. The molecule has 0 aliphatic heterocycles. The van der Waals surface area contributed by atoms with Gasteiger partial charge < -0.3 is 24.3 Å². The number of aryl methyl sites for hydroxylation is 1.